The highest BCUT2D eigenvalue weighted by molar-refractivity contribution is 7.86. The summed E-state index contributed by atoms with van der Waals surface area (Å²) in [7, 11) is -1.97. The summed E-state index contributed by atoms with van der Waals surface area (Å²) in [6.45, 7) is 1.66. The van der Waals surface area contributed by atoms with Gasteiger partial charge in [-0.3, -0.25) is 4.79 Å². The Morgan fingerprint density at radius 1 is 1.07 bits per heavy atom. The monoisotopic (exact) mass is 433 g/mol. The average molecular weight is 434 g/mol. The molecule has 1 heterocycles. The van der Waals surface area contributed by atoms with E-state index < -0.39 is 10.1 Å². The topological polar surface area (TPSA) is 82.1 Å². The van der Waals surface area contributed by atoms with Crippen molar-refractivity contribution in [2.75, 3.05) is 26.5 Å². The number of rotatable bonds is 9. The van der Waals surface area contributed by atoms with E-state index >= 15 is 0 Å². The summed E-state index contributed by atoms with van der Waals surface area (Å²) in [6, 6.07) is 14.2. The molecule has 0 saturated carbocycles. The quantitative estimate of drug-likeness (QED) is 0.566. The van der Waals surface area contributed by atoms with Gasteiger partial charge in [0.2, 0.25) is 5.91 Å². The van der Waals surface area contributed by atoms with Crippen LogP contribution in [0, 0.1) is 0 Å². The molecule has 1 unspecified atom stereocenters. The van der Waals surface area contributed by atoms with E-state index in [0.29, 0.717) is 13.1 Å². The van der Waals surface area contributed by atoms with Crippen LogP contribution in [0.3, 0.4) is 0 Å². The third-order valence-corrected chi connectivity index (χ3v) is 5.35. The zero-order valence-corrected chi connectivity index (χ0v) is 18.1. The molecule has 2 aromatic rings. The SMILES string of the molecule is COc1ccc(CC(=O)N(Cc2ccc(OS(C)(=O)=O)cc2)CC2CCCO2)cc1. The minimum Gasteiger partial charge on any atom is -0.497 e. The van der Waals surface area contributed by atoms with Crippen LogP contribution in [0.25, 0.3) is 0 Å². The smallest absolute Gasteiger partial charge is 0.306 e. The molecule has 162 valence electrons. The third-order valence-electron chi connectivity index (χ3n) is 4.86. The molecular weight excluding hydrogens is 406 g/mol. The van der Waals surface area contributed by atoms with Crippen molar-refractivity contribution in [2.24, 2.45) is 0 Å². The first-order valence-corrected chi connectivity index (χ1v) is 11.6. The zero-order chi connectivity index (χ0) is 21.6. The molecule has 0 N–H and O–H groups in total. The number of nitrogens with zero attached hydrogens (tertiary/aromatic N) is 1. The summed E-state index contributed by atoms with van der Waals surface area (Å²) >= 11 is 0. The molecule has 0 bridgehead atoms. The Bertz CT molecular complexity index is 935. The lowest BCUT2D eigenvalue weighted by atomic mass is 10.1. The predicted octanol–water partition coefficient (Wildman–Crippen LogP) is 2.78. The maximum Gasteiger partial charge on any atom is 0.306 e. The number of benzene rings is 2. The number of hydrogen-bond acceptors (Lipinski definition) is 6. The van der Waals surface area contributed by atoms with E-state index in [0.717, 1.165) is 42.6 Å². The predicted molar refractivity (Wildman–Crippen MR) is 113 cm³/mol. The fourth-order valence-corrected chi connectivity index (χ4v) is 3.82. The van der Waals surface area contributed by atoms with Crippen LogP contribution in [0.1, 0.15) is 24.0 Å². The molecule has 3 rings (SSSR count). The summed E-state index contributed by atoms with van der Waals surface area (Å²) in [4.78, 5) is 14.8. The van der Waals surface area contributed by atoms with E-state index in [9.17, 15) is 13.2 Å². The Labute approximate surface area is 177 Å². The standard InChI is InChI=1S/C22H27NO6S/c1-27-19-9-5-17(6-10-19)14-22(24)23(16-21-4-3-13-28-21)15-18-7-11-20(12-8-18)29-30(2,25)26/h5-12,21H,3-4,13-16H2,1-2H3. The van der Waals surface area contributed by atoms with Crippen molar-refractivity contribution >= 4 is 16.0 Å². The number of carbonyl (C=O) groups is 1. The lowest BCUT2D eigenvalue weighted by molar-refractivity contribution is -0.132. The zero-order valence-electron chi connectivity index (χ0n) is 17.2. The van der Waals surface area contributed by atoms with Crippen molar-refractivity contribution in [3.8, 4) is 11.5 Å². The van der Waals surface area contributed by atoms with Gasteiger partial charge in [-0.15, -0.1) is 0 Å². The van der Waals surface area contributed by atoms with Gasteiger partial charge in [0.1, 0.15) is 11.5 Å². The molecule has 30 heavy (non-hydrogen) atoms. The molecule has 1 fully saturated rings. The first-order valence-electron chi connectivity index (χ1n) is 9.83. The van der Waals surface area contributed by atoms with Gasteiger partial charge >= 0.3 is 10.1 Å². The molecule has 8 heteroatoms. The second-order valence-corrected chi connectivity index (χ2v) is 8.94. The van der Waals surface area contributed by atoms with Gasteiger partial charge in [-0.2, -0.15) is 8.42 Å². The van der Waals surface area contributed by atoms with Crippen LogP contribution in [0.5, 0.6) is 11.5 Å². The molecule has 0 aliphatic carbocycles. The van der Waals surface area contributed by atoms with Gasteiger partial charge in [-0.25, -0.2) is 0 Å². The fraction of sp³-hybridized carbons (Fsp3) is 0.409. The van der Waals surface area contributed by atoms with Crippen molar-refractivity contribution in [3.05, 3.63) is 59.7 Å². The van der Waals surface area contributed by atoms with Crippen molar-refractivity contribution in [1.29, 1.82) is 0 Å². The van der Waals surface area contributed by atoms with E-state index in [1.165, 1.54) is 0 Å². The van der Waals surface area contributed by atoms with Crippen LogP contribution in [0.15, 0.2) is 48.5 Å². The van der Waals surface area contributed by atoms with E-state index in [2.05, 4.69) is 0 Å². The Morgan fingerprint density at radius 2 is 1.70 bits per heavy atom. The Kier molecular flexibility index (Phi) is 7.33. The van der Waals surface area contributed by atoms with Gasteiger partial charge < -0.3 is 18.6 Å². The molecule has 1 atom stereocenters. The molecule has 2 aromatic carbocycles. The Balaban J connectivity index is 1.70. The minimum absolute atomic E-state index is 0.00660. The van der Waals surface area contributed by atoms with Crippen LogP contribution in [0.2, 0.25) is 0 Å². The maximum absolute atomic E-state index is 13.0. The van der Waals surface area contributed by atoms with Gasteiger partial charge in [-0.1, -0.05) is 24.3 Å². The van der Waals surface area contributed by atoms with Crippen molar-refractivity contribution < 1.29 is 26.9 Å². The first-order chi connectivity index (χ1) is 14.3. The second-order valence-electron chi connectivity index (χ2n) is 7.37. The van der Waals surface area contributed by atoms with Gasteiger partial charge in [0.15, 0.2) is 0 Å². The first kappa shape index (κ1) is 22.1. The molecule has 0 aromatic heterocycles. The fourth-order valence-electron chi connectivity index (χ4n) is 3.36. The maximum atomic E-state index is 13.0. The van der Waals surface area contributed by atoms with Crippen molar-refractivity contribution in [1.82, 2.24) is 4.90 Å². The average Bonchev–Trinajstić information content (AvgIpc) is 3.21. The van der Waals surface area contributed by atoms with Gasteiger partial charge in [-0.05, 0) is 48.2 Å². The summed E-state index contributed by atoms with van der Waals surface area (Å²) < 4.78 is 38.3. The van der Waals surface area contributed by atoms with Crippen LogP contribution in [-0.2, 0) is 32.6 Å². The molecule has 1 amide bonds. The van der Waals surface area contributed by atoms with E-state index in [-0.39, 0.29) is 24.2 Å². The lowest BCUT2D eigenvalue weighted by Crippen LogP contribution is -2.37. The van der Waals surface area contributed by atoms with Crippen LogP contribution in [-0.4, -0.2) is 51.8 Å². The third kappa shape index (κ3) is 6.74. The highest BCUT2D eigenvalue weighted by Crippen LogP contribution is 2.19. The number of amides is 1. The van der Waals surface area contributed by atoms with E-state index in [1.54, 1.807) is 36.3 Å². The molecule has 0 radical (unpaired) electrons. The Hall–Kier alpha value is -2.58. The highest BCUT2D eigenvalue weighted by Gasteiger charge is 2.23. The van der Waals surface area contributed by atoms with Crippen molar-refractivity contribution in [2.45, 2.75) is 31.9 Å². The number of hydrogen-bond donors (Lipinski definition) is 0. The molecular formula is C22H27NO6S. The molecule has 0 spiro atoms. The summed E-state index contributed by atoms with van der Waals surface area (Å²) in [5, 5.41) is 0. The number of ether oxygens (including phenoxy) is 2. The molecule has 1 saturated heterocycles. The van der Waals surface area contributed by atoms with Gasteiger partial charge in [0, 0.05) is 19.7 Å². The molecule has 1 aliphatic heterocycles. The summed E-state index contributed by atoms with van der Waals surface area (Å²) in [6.07, 6.45) is 3.27. The van der Waals surface area contributed by atoms with Crippen LogP contribution >= 0.6 is 0 Å². The van der Waals surface area contributed by atoms with Gasteiger partial charge in [0.05, 0.1) is 25.9 Å². The summed E-state index contributed by atoms with van der Waals surface area (Å²) in [5.74, 6) is 1.00. The number of carbonyl (C=O) groups excluding carboxylic acids is 1. The normalized spacial score (nSPS) is 16.3. The van der Waals surface area contributed by atoms with Crippen LogP contribution in [0.4, 0.5) is 0 Å². The van der Waals surface area contributed by atoms with Crippen molar-refractivity contribution in [3.63, 3.8) is 0 Å². The minimum atomic E-state index is -3.57. The largest absolute Gasteiger partial charge is 0.497 e. The van der Waals surface area contributed by atoms with Crippen LogP contribution < -0.4 is 8.92 Å². The lowest BCUT2D eigenvalue weighted by Gasteiger charge is -2.26. The number of methoxy groups -OCH3 is 1. The Morgan fingerprint density at radius 3 is 2.27 bits per heavy atom. The molecule has 7 nitrogen and oxygen atoms in total. The van der Waals surface area contributed by atoms with E-state index in [1.807, 2.05) is 24.3 Å². The second kappa shape index (κ2) is 9.95. The molecule has 1 aliphatic rings. The highest BCUT2D eigenvalue weighted by atomic mass is 32.2. The van der Waals surface area contributed by atoms with Gasteiger partial charge in [0.25, 0.3) is 0 Å². The van der Waals surface area contributed by atoms with E-state index in [4.69, 9.17) is 13.7 Å². The summed E-state index contributed by atoms with van der Waals surface area (Å²) in [5.41, 5.74) is 1.80.